The monoisotopic (exact) mass is 317 g/mol. The highest BCUT2D eigenvalue weighted by atomic mass is 32.2. The lowest BCUT2D eigenvalue weighted by molar-refractivity contribution is 0.148. The van der Waals surface area contributed by atoms with Crippen molar-refractivity contribution < 1.29 is 8.42 Å². The summed E-state index contributed by atoms with van der Waals surface area (Å²) in [6.07, 6.45) is 2.99. The van der Waals surface area contributed by atoms with E-state index in [0.717, 1.165) is 5.56 Å². The summed E-state index contributed by atoms with van der Waals surface area (Å²) in [6, 6.07) is 13.3. The predicted molar refractivity (Wildman–Crippen MR) is 84.8 cm³/mol. The van der Waals surface area contributed by atoms with E-state index in [1.165, 1.54) is 6.20 Å². The third kappa shape index (κ3) is 2.90. The molecule has 2 aromatic rings. The van der Waals surface area contributed by atoms with E-state index in [9.17, 15) is 8.42 Å². The van der Waals surface area contributed by atoms with Crippen molar-refractivity contribution in [3.05, 3.63) is 60.4 Å². The van der Waals surface area contributed by atoms with Crippen molar-refractivity contribution in [2.24, 2.45) is 0 Å². The molecule has 1 aromatic heterocycles. The van der Waals surface area contributed by atoms with Gasteiger partial charge in [0.05, 0.1) is 0 Å². The first kappa shape index (κ1) is 15.1. The molecule has 0 radical (unpaired) electrons. The van der Waals surface area contributed by atoms with Crippen molar-refractivity contribution in [3.63, 3.8) is 0 Å². The lowest BCUT2D eigenvalue weighted by Gasteiger charge is -2.38. The van der Waals surface area contributed by atoms with Gasteiger partial charge in [-0.25, -0.2) is 8.42 Å². The zero-order valence-electron chi connectivity index (χ0n) is 12.5. The van der Waals surface area contributed by atoms with Gasteiger partial charge in [-0.3, -0.25) is 9.88 Å². The molecule has 5 nitrogen and oxygen atoms in total. The molecule has 1 saturated heterocycles. The highest BCUT2D eigenvalue weighted by Gasteiger charge is 2.33. The molecular formula is C16H19N3O2S. The zero-order valence-corrected chi connectivity index (χ0v) is 13.3. The summed E-state index contributed by atoms with van der Waals surface area (Å²) in [5, 5.41) is 0. The Bertz CT molecular complexity index is 720. The van der Waals surface area contributed by atoms with Gasteiger partial charge in [0.2, 0.25) is 10.0 Å². The second-order valence-corrected chi connectivity index (χ2v) is 7.40. The van der Waals surface area contributed by atoms with E-state index >= 15 is 0 Å². The number of likely N-dealkylation sites (N-methyl/N-ethyl adjacent to an activating group) is 1. The fourth-order valence-electron chi connectivity index (χ4n) is 2.75. The normalized spacial score (nSPS) is 20.9. The molecule has 1 aliphatic heterocycles. The van der Waals surface area contributed by atoms with E-state index in [1.54, 1.807) is 22.6 Å². The maximum atomic E-state index is 12.7. The van der Waals surface area contributed by atoms with Crippen LogP contribution in [0, 0.1) is 0 Å². The first-order valence-corrected chi connectivity index (χ1v) is 8.68. The molecule has 6 heteroatoms. The van der Waals surface area contributed by atoms with Crippen LogP contribution < -0.4 is 0 Å². The average molecular weight is 317 g/mol. The van der Waals surface area contributed by atoms with Crippen LogP contribution in [0.2, 0.25) is 0 Å². The van der Waals surface area contributed by atoms with E-state index in [1.807, 2.05) is 37.4 Å². The summed E-state index contributed by atoms with van der Waals surface area (Å²) in [6.45, 7) is 1.66. The third-order valence-corrected chi connectivity index (χ3v) is 5.92. The first-order chi connectivity index (χ1) is 10.6. The van der Waals surface area contributed by atoms with Crippen molar-refractivity contribution in [2.45, 2.75) is 10.9 Å². The van der Waals surface area contributed by atoms with Crippen LogP contribution in [0.5, 0.6) is 0 Å². The molecule has 1 aromatic carbocycles. The standard InChI is InChI=1S/C16H19N3O2S/c1-18-10-11-19(13-16(18)14-6-3-2-4-7-14)22(20,21)15-8-5-9-17-12-15/h2-9,12,16H,10-11,13H2,1H3. The first-order valence-electron chi connectivity index (χ1n) is 7.24. The van der Waals surface area contributed by atoms with Crippen molar-refractivity contribution in [2.75, 3.05) is 26.7 Å². The average Bonchev–Trinajstić information content (AvgIpc) is 2.57. The largest absolute Gasteiger partial charge is 0.297 e. The molecule has 1 aliphatic rings. The Kier molecular flexibility index (Phi) is 4.24. The Morgan fingerprint density at radius 3 is 2.55 bits per heavy atom. The van der Waals surface area contributed by atoms with E-state index in [0.29, 0.717) is 19.6 Å². The maximum absolute atomic E-state index is 12.7. The van der Waals surface area contributed by atoms with Crippen LogP contribution in [0.3, 0.4) is 0 Å². The lowest BCUT2D eigenvalue weighted by atomic mass is 10.0. The van der Waals surface area contributed by atoms with Gasteiger partial charge < -0.3 is 0 Å². The van der Waals surface area contributed by atoms with Crippen LogP contribution >= 0.6 is 0 Å². The topological polar surface area (TPSA) is 53.5 Å². The molecule has 3 rings (SSSR count). The Balaban J connectivity index is 1.87. The summed E-state index contributed by atoms with van der Waals surface area (Å²) in [7, 11) is -1.45. The number of aromatic nitrogens is 1. The van der Waals surface area contributed by atoms with Crippen LogP contribution in [0.25, 0.3) is 0 Å². The van der Waals surface area contributed by atoms with Crippen LogP contribution in [0.4, 0.5) is 0 Å². The molecular weight excluding hydrogens is 298 g/mol. The molecule has 0 bridgehead atoms. The van der Waals surface area contributed by atoms with Gasteiger partial charge in [-0.1, -0.05) is 30.3 Å². The number of piperazine rings is 1. The van der Waals surface area contributed by atoms with Crippen LogP contribution in [0.1, 0.15) is 11.6 Å². The highest BCUT2D eigenvalue weighted by Crippen LogP contribution is 2.27. The van der Waals surface area contributed by atoms with E-state index < -0.39 is 10.0 Å². The van der Waals surface area contributed by atoms with Gasteiger partial charge in [0.1, 0.15) is 4.90 Å². The highest BCUT2D eigenvalue weighted by molar-refractivity contribution is 7.89. The molecule has 1 atom stereocenters. The molecule has 0 N–H and O–H groups in total. The van der Waals surface area contributed by atoms with Gasteiger partial charge in [0.25, 0.3) is 0 Å². The number of nitrogens with zero attached hydrogens (tertiary/aromatic N) is 3. The van der Waals surface area contributed by atoms with Crippen molar-refractivity contribution >= 4 is 10.0 Å². The minimum absolute atomic E-state index is 0.0707. The second kappa shape index (κ2) is 6.16. The summed E-state index contributed by atoms with van der Waals surface area (Å²) in [4.78, 5) is 6.38. The maximum Gasteiger partial charge on any atom is 0.244 e. The number of sulfonamides is 1. The van der Waals surface area contributed by atoms with Gasteiger partial charge in [0, 0.05) is 38.1 Å². The smallest absolute Gasteiger partial charge is 0.244 e. The number of benzene rings is 1. The second-order valence-electron chi connectivity index (χ2n) is 5.46. The van der Waals surface area contributed by atoms with E-state index in [4.69, 9.17) is 0 Å². The molecule has 1 fully saturated rings. The summed E-state index contributed by atoms with van der Waals surface area (Å²) in [5.74, 6) is 0. The Labute approximate surface area is 131 Å². The number of rotatable bonds is 3. The molecule has 0 spiro atoms. The van der Waals surface area contributed by atoms with Crippen LogP contribution in [-0.4, -0.2) is 49.3 Å². The summed E-state index contributed by atoms with van der Waals surface area (Å²) >= 11 is 0. The van der Waals surface area contributed by atoms with Crippen LogP contribution in [0.15, 0.2) is 59.8 Å². The Morgan fingerprint density at radius 2 is 1.86 bits per heavy atom. The molecule has 0 amide bonds. The zero-order chi connectivity index (χ0) is 15.6. The van der Waals surface area contributed by atoms with E-state index in [-0.39, 0.29) is 10.9 Å². The predicted octanol–water partition coefficient (Wildman–Crippen LogP) is 1.76. The van der Waals surface area contributed by atoms with Gasteiger partial charge >= 0.3 is 0 Å². The molecule has 2 heterocycles. The van der Waals surface area contributed by atoms with Crippen molar-refractivity contribution in [1.29, 1.82) is 0 Å². The van der Waals surface area contributed by atoms with E-state index in [2.05, 4.69) is 9.88 Å². The van der Waals surface area contributed by atoms with Crippen LogP contribution in [-0.2, 0) is 10.0 Å². The fourth-order valence-corrected chi connectivity index (χ4v) is 4.15. The molecule has 22 heavy (non-hydrogen) atoms. The van der Waals surface area contributed by atoms with Gasteiger partial charge in [-0.2, -0.15) is 4.31 Å². The lowest BCUT2D eigenvalue weighted by Crippen LogP contribution is -2.48. The molecule has 116 valence electrons. The minimum atomic E-state index is -3.48. The van der Waals surface area contributed by atoms with Gasteiger partial charge in [-0.05, 0) is 24.7 Å². The van der Waals surface area contributed by atoms with Crippen molar-refractivity contribution in [1.82, 2.24) is 14.2 Å². The fraction of sp³-hybridized carbons (Fsp3) is 0.312. The Hall–Kier alpha value is -1.76. The number of hydrogen-bond donors (Lipinski definition) is 0. The summed E-state index contributed by atoms with van der Waals surface area (Å²) < 4.78 is 27.0. The summed E-state index contributed by atoms with van der Waals surface area (Å²) in [5.41, 5.74) is 1.14. The molecule has 1 unspecified atom stereocenters. The van der Waals surface area contributed by atoms with Gasteiger partial charge in [-0.15, -0.1) is 0 Å². The Morgan fingerprint density at radius 1 is 1.09 bits per heavy atom. The van der Waals surface area contributed by atoms with Crippen molar-refractivity contribution in [3.8, 4) is 0 Å². The SMILES string of the molecule is CN1CCN(S(=O)(=O)c2cccnc2)CC1c1ccccc1. The third-order valence-electron chi connectivity index (χ3n) is 4.07. The number of hydrogen-bond acceptors (Lipinski definition) is 4. The number of pyridine rings is 1. The quantitative estimate of drug-likeness (QED) is 0.865. The minimum Gasteiger partial charge on any atom is -0.297 e. The van der Waals surface area contributed by atoms with Gasteiger partial charge in [0.15, 0.2) is 0 Å². The molecule has 0 saturated carbocycles. The molecule has 0 aliphatic carbocycles.